The van der Waals surface area contributed by atoms with E-state index in [4.69, 9.17) is 17.3 Å². The number of rotatable bonds is 4. The Morgan fingerprint density at radius 3 is 2.84 bits per heavy atom. The smallest absolute Gasteiger partial charge is 0.244 e. The van der Waals surface area contributed by atoms with Crippen LogP contribution in [0.3, 0.4) is 0 Å². The molecule has 3 N–H and O–H groups in total. The van der Waals surface area contributed by atoms with E-state index in [1.54, 1.807) is 30.6 Å². The summed E-state index contributed by atoms with van der Waals surface area (Å²) < 4.78 is 0. The standard InChI is InChI=1S/C14H14ClN3O/c1-9-5-6-17-8-12(9)13(14(16)19)18-11-4-2-3-10(15)7-11/h2-8,13,18H,1H3,(H2,16,19). The zero-order valence-electron chi connectivity index (χ0n) is 10.4. The van der Waals surface area contributed by atoms with Gasteiger partial charge in [-0.1, -0.05) is 17.7 Å². The average molecular weight is 276 g/mol. The third-order valence-corrected chi connectivity index (χ3v) is 3.05. The number of amides is 1. The molecule has 0 fully saturated rings. The van der Waals surface area contributed by atoms with Gasteiger partial charge >= 0.3 is 0 Å². The minimum Gasteiger partial charge on any atom is -0.370 e. The molecule has 0 radical (unpaired) electrons. The molecular weight excluding hydrogens is 262 g/mol. The SMILES string of the molecule is Cc1ccncc1C(Nc1cccc(Cl)c1)C(N)=O. The summed E-state index contributed by atoms with van der Waals surface area (Å²) in [7, 11) is 0. The van der Waals surface area contributed by atoms with E-state index >= 15 is 0 Å². The minimum absolute atomic E-state index is 0.462. The fraction of sp³-hybridized carbons (Fsp3) is 0.143. The highest BCUT2D eigenvalue weighted by Gasteiger charge is 2.19. The number of benzene rings is 1. The second-order valence-electron chi connectivity index (χ2n) is 4.22. The van der Waals surface area contributed by atoms with Gasteiger partial charge in [0.1, 0.15) is 6.04 Å². The largest absolute Gasteiger partial charge is 0.370 e. The summed E-state index contributed by atoms with van der Waals surface area (Å²) in [4.78, 5) is 15.7. The van der Waals surface area contributed by atoms with Crippen molar-refractivity contribution in [3.63, 3.8) is 0 Å². The Bertz CT molecular complexity index is 601. The zero-order chi connectivity index (χ0) is 13.8. The molecule has 19 heavy (non-hydrogen) atoms. The van der Waals surface area contributed by atoms with Crippen molar-refractivity contribution in [1.82, 2.24) is 4.98 Å². The average Bonchev–Trinajstić information content (AvgIpc) is 2.37. The molecule has 1 atom stereocenters. The van der Waals surface area contributed by atoms with Crippen LogP contribution in [0.4, 0.5) is 5.69 Å². The van der Waals surface area contributed by atoms with Crippen molar-refractivity contribution >= 4 is 23.2 Å². The fourth-order valence-corrected chi connectivity index (χ4v) is 2.02. The molecule has 0 spiro atoms. The monoisotopic (exact) mass is 275 g/mol. The number of nitrogens with two attached hydrogens (primary N) is 1. The van der Waals surface area contributed by atoms with E-state index < -0.39 is 11.9 Å². The third-order valence-electron chi connectivity index (χ3n) is 2.81. The van der Waals surface area contributed by atoms with Crippen LogP contribution in [0.15, 0.2) is 42.7 Å². The highest BCUT2D eigenvalue weighted by Crippen LogP contribution is 2.23. The van der Waals surface area contributed by atoms with E-state index in [0.29, 0.717) is 5.02 Å². The van der Waals surface area contributed by atoms with Gasteiger partial charge in [-0.3, -0.25) is 9.78 Å². The van der Waals surface area contributed by atoms with Crippen LogP contribution >= 0.6 is 11.6 Å². The van der Waals surface area contributed by atoms with Crippen molar-refractivity contribution < 1.29 is 4.79 Å². The molecule has 1 amide bonds. The molecule has 0 aliphatic carbocycles. The second kappa shape index (κ2) is 5.71. The van der Waals surface area contributed by atoms with Crippen molar-refractivity contribution in [3.8, 4) is 0 Å². The van der Waals surface area contributed by atoms with Crippen molar-refractivity contribution in [2.45, 2.75) is 13.0 Å². The summed E-state index contributed by atoms with van der Waals surface area (Å²) >= 11 is 5.92. The van der Waals surface area contributed by atoms with Crippen molar-refractivity contribution in [1.29, 1.82) is 0 Å². The topological polar surface area (TPSA) is 68.0 Å². The molecule has 5 heteroatoms. The summed E-state index contributed by atoms with van der Waals surface area (Å²) in [5.74, 6) is -0.462. The molecule has 0 saturated carbocycles. The molecular formula is C14H14ClN3O. The lowest BCUT2D eigenvalue weighted by atomic mass is 10.0. The van der Waals surface area contributed by atoms with Gasteiger partial charge in [0.15, 0.2) is 0 Å². The van der Waals surface area contributed by atoms with Crippen LogP contribution in [-0.4, -0.2) is 10.9 Å². The Morgan fingerprint density at radius 1 is 1.42 bits per heavy atom. The molecule has 2 aromatic rings. The molecule has 1 heterocycles. The predicted octanol–water partition coefficient (Wildman–Crippen LogP) is 2.68. The number of carbonyl (C=O) groups is 1. The molecule has 4 nitrogen and oxygen atoms in total. The van der Waals surface area contributed by atoms with Gasteiger partial charge < -0.3 is 11.1 Å². The number of pyridine rings is 1. The van der Waals surface area contributed by atoms with Crippen LogP contribution in [0.2, 0.25) is 5.02 Å². The van der Waals surface area contributed by atoms with Crippen LogP contribution < -0.4 is 11.1 Å². The number of carbonyl (C=O) groups excluding carboxylic acids is 1. The molecule has 0 bridgehead atoms. The maximum atomic E-state index is 11.6. The molecule has 0 saturated heterocycles. The number of aryl methyl sites for hydroxylation is 1. The molecule has 1 aromatic carbocycles. The van der Waals surface area contributed by atoms with Crippen molar-refractivity contribution in [2.75, 3.05) is 5.32 Å². The van der Waals surface area contributed by atoms with E-state index in [2.05, 4.69) is 10.3 Å². The van der Waals surface area contributed by atoms with Crippen LogP contribution in [-0.2, 0) is 4.79 Å². The number of hydrogen-bond acceptors (Lipinski definition) is 3. The van der Waals surface area contributed by atoms with E-state index in [-0.39, 0.29) is 0 Å². The maximum absolute atomic E-state index is 11.6. The van der Waals surface area contributed by atoms with Gasteiger partial charge in [0.25, 0.3) is 0 Å². The second-order valence-corrected chi connectivity index (χ2v) is 4.66. The number of nitrogens with zero attached hydrogens (tertiary/aromatic N) is 1. The van der Waals surface area contributed by atoms with E-state index in [9.17, 15) is 4.79 Å². The van der Waals surface area contributed by atoms with Crippen LogP contribution in [0.5, 0.6) is 0 Å². The molecule has 98 valence electrons. The predicted molar refractivity (Wildman–Crippen MR) is 76.0 cm³/mol. The van der Waals surface area contributed by atoms with Gasteiger partial charge in [0.2, 0.25) is 5.91 Å². The first-order valence-electron chi connectivity index (χ1n) is 5.80. The quantitative estimate of drug-likeness (QED) is 0.901. The van der Waals surface area contributed by atoms with Gasteiger partial charge in [-0.15, -0.1) is 0 Å². The highest BCUT2D eigenvalue weighted by atomic mass is 35.5. The van der Waals surface area contributed by atoms with E-state index in [1.165, 1.54) is 0 Å². The van der Waals surface area contributed by atoms with Gasteiger partial charge in [-0.05, 0) is 36.8 Å². The minimum atomic E-state index is -0.632. The van der Waals surface area contributed by atoms with E-state index in [1.807, 2.05) is 19.1 Å². The maximum Gasteiger partial charge on any atom is 0.244 e. The Kier molecular flexibility index (Phi) is 4.02. The number of anilines is 1. The highest BCUT2D eigenvalue weighted by molar-refractivity contribution is 6.30. The Morgan fingerprint density at radius 2 is 2.21 bits per heavy atom. The van der Waals surface area contributed by atoms with Crippen LogP contribution in [0, 0.1) is 6.92 Å². The lowest BCUT2D eigenvalue weighted by Gasteiger charge is -2.18. The first-order chi connectivity index (χ1) is 9.08. The van der Waals surface area contributed by atoms with Crippen molar-refractivity contribution in [2.24, 2.45) is 5.73 Å². The fourth-order valence-electron chi connectivity index (χ4n) is 1.83. The molecule has 0 aliphatic heterocycles. The first kappa shape index (κ1) is 13.4. The normalized spacial score (nSPS) is 11.9. The number of hydrogen-bond donors (Lipinski definition) is 2. The Labute approximate surface area is 116 Å². The Hall–Kier alpha value is -2.07. The van der Waals surface area contributed by atoms with Gasteiger partial charge in [0.05, 0.1) is 0 Å². The lowest BCUT2D eigenvalue weighted by Crippen LogP contribution is -2.28. The van der Waals surface area contributed by atoms with Gasteiger partial charge in [-0.2, -0.15) is 0 Å². The Balaban J connectivity index is 2.32. The van der Waals surface area contributed by atoms with Crippen LogP contribution in [0.1, 0.15) is 17.2 Å². The van der Waals surface area contributed by atoms with Crippen molar-refractivity contribution in [3.05, 3.63) is 58.9 Å². The summed E-state index contributed by atoms with van der Waals surface area (Å²) in [5.41, 5.74) is 7.91. The molecule has 0 aliphatic rings. The molecule has 2 rings (SSSR count). The number of nitrogens with one attached hydrogen (secondary N) is 1. The summed E-state index contributed by atoms with van der Waals surface area (Å²) in [6.45, 7) is 1.91. The first-order valence-corrected chi connectivity index (χ1v) is 6.17. The summed E-state index contributed by atoms with van der Waals surface area (Å²) in [6, 6.07) is 8.34. The van der Waals surface area contributed by atoms with Gasteiger partial charge in [-0.25, -0.2) is 0 Å². The molecule has 1 unspecified atom stereocenters. The summed E-state index contributed by atoms with van der Waals surface area (Å²) in [6.07, 6.45) is 3.32. The van der Waals surface area contributed by atoms with E-state index in [0.717, 1.165) is 16.8 Å². The molecule has 1 aromatic heterocycles. The number of halogens is 1. The van der Waals surface area contributed by atoms with Gasteiger partial charge in [0, 0.05) is 28.7 Å². The zero-order valence-corrected chi connectivity index (χ0v) is 11.2. The van der Waals surface area contributed by atoms with Crippen LogP contribution in [0.25, 0.3) is 0 Å². The number of aromatic nitrogens is 1. The third kappa shape index (κ3) is 3.23. The summed E-state index contributed by atoms with van der Waals surface area (Å²) in [5, 5.41) is 3.67. The number of primary amides is 1. The lowest BCUT2D eigenvalue weighted by molar-refractivity contribution is -0.118.